The molecule has 0 aromatic carbocycles. The highest BCUT2D eigenvalue weighted by molar-refractivity contribution is 4.97. The highest BCUT2D eigenvalue weighted by Gasteiger charge is 2.26. The summed E-state index contributed by atoms with van der Waals surface area (Å²) in [7, 11) is 3.54. The lowest BCUT2D eigenvalue weighted by atomic mass is 10.1. The summed E-state index contributed by atoms with van der Waals surface area (Å²) >= 11 is 0. The van der Waals surface area contributed by atoms with Crippen molar-refractivity contribution >= 4 is 0 Å². The van der Waals surface area contributed by atoms with Crippen molar-refractivity contribution < 1.29 is 9.26 Å². The summed E-state index contributed by atoms with van der Waals surface area (Å²) in [6.45, 7) is 5.87. The number of hydrogen-bond acceptors (Lipinski definition) is 5. The van der Waals surface area contributed by atoms with E-state index in [2.05, 4.69) is 22.4 Å². The van der Waals surface area contributed by atoms with E-state index in [1.807, 2.05) is 20.9 Å². The van der Waals surface area contributed by atoms with Gasteiger partial charge in [0, 0.05) is 19.6 Å². The first-order valence-electron chi connectivity index (χ1n) is 5.05. The highest BCUT2D eigenvalue weighted by atomic mass is 16.5. The van der Waals surface area contributed by atoms with Crippen molar-refractivity contribution in [3.05, 3.63) is 11.7 Å². The predicted molar refractivity (Wildman–Crippen MR) is 56.6 cm³/mol. The predicted octanol–water partition coefficient (Wildman–Crippen LogP) is 1.10. The van der Waals surface area contributed by atoms with Crippen LogP contribution in [0.4, 0.5) is 0 Å². The molecule has 0 fully saturated rings. The van der Waals surface area contributed by atoms with Crippen LogP contribution in [0.3, 0.4) is 0 Å². The summed E-state index contributed by atoms with van der Waals surface area (Å²) in [5, 5.41) is 7.02. The van der Waals surface area contributed by atoms with Gasteiger partial charge < -0.3 is 14.6 Å². The van der Waals surface area contributed by atoms with Crippen LogP contribution < -0.4 is 5.32 Å². The van der Waals surface area contributed by atoms with Crippen molar-refractivity contribution in [2.75, 3.05) is 14.2 Å². The lowest BCUT2D eigenvalue weighted by Crippen LogP contribution is -2.24. The van der Waals surface area contributed by atoms with Crippen LogP contribution >= 0.6 is 0 Å². The summed E-state index contributed by atoms with van der Waals surface area (Å²) < 4.78 is 10.4. The molecule has 1 aromatic heterocycles. The van der Waals surface area contributed by atoms with Crippen molar-refractivity contribution in [1.29, 1.82) is 0 Å². The molecule has 0 aliphatic carbocycles. The smallest absolute Gasteiger partial charge is 0.228 e. The normalized spacial score (nSPS) is 14.2. The van der Waals surface area contributed by atoms with Crippen LogP contribution in [0, 0.1) is 0 Å². The first-order valence-corrected chi connectivity index (χ1v) is 5.05. The van der Waals surface area contributed by atoms with E-state index >= 15 is 0 Å². The Bertz CT molecular complexity index is 309. The average Bonchev–Trinajstić information content (AvgIpc) is 2.66. The van der Waals surface area contributed by atoms with Gasteiger partial charge in [0.15, 0.2) is 0 Å². The van der Waals surface area contributed by atoms with Gasteiger partial charge in [-0.1, -0.05) is 5.16 Å². The second kappa shape index (κ2) is 4.72. The summed E-state index contributed by atoms with van der Waals surface area (Å²) in [6, 6.07) is 0.323. The first kappa shape index (κ1) is 12.1. The Morgan fingerprint density at radius 2 is 2.20 bits per heavy atom. The second-order valence-electron chi connectivity index (χ2n) is 4.12. The van der Waals surface area contributed by atoms with E-state index in [1.165, 1.54) is 0 Å². The monoisotopic (exact) mass is 213 g/mol. The number of rotatable bonds is 5. The number of ether oxygens (including phenoxy) is 1. The Kier molecular flexibility index (Phi) is 3.82. The van der Waals surface area contributed by atoms with E-state index < -0.39 is 5.60 Å². The van der Waals surface area contributed by atoms with Crippen molar-refractivity contribution in [1.82, 2.24) is 15.5 Å². The van der Waals surface area contributed by atoms with E-state index in [1.54, 1.807) is 7.11 Å². The molecule has 0 bridgehead atoms. The van der Waals surface area contributed by atoms with Gasteiger partial charge in [-0.15, -0.1) is 0 Å². The zero-order chi connectivity index (χ0) is 11.5. The van der Waals surface area contributed by atoms with Gasteiger partial charge in [0.25, 0.3) is 0 Å². The third kappa shape index (κ3) is 3.00. The SMILES string of the molecule is CNC(C)Cc1nc(C(C)(C)OC)no1. The molecule has 0 aliphatic heterocycles. The molecular weight excluding hydrogens is 194 g/mol. The number of likely N-dealkylation sites (N-methyl/N-ethyl adjacent to an activating group) is 1. The minimum Gasteiger partial charge on any atom is -0.371 e. The van der Waals surface area contributed by atoms with Gasteiger partial charge in [0.2, 0.25) is 11.7 Å². The number of nitrogens with zero attached hydrogens (tertiary/aromatic N) is 2. The van der Waals surface area contributed by atoms with Crippen LogP contribution in [0.15, 0.2) is 4.52 Å². The molecule has 1 unspecified atom stereocenters. The largest absolute Gasteiger partial charge is 0.371 e. The lowest BCUT2D eigenvalue weighted by Gasteiger charge is -2.17. The standard InChI is InChI=1S/C10H19N3O2/c1-7(11-4)6-8-12-9(13-15-8)10(2,3)14-5/h7,11H,6H2,1-5H3. The van der Waals surface area contributed by atoms with E-state index in [-0.39, 0.29) is 0 Å². The van der Waals surface area contributed by atoms with Crippen molar-refractivity contribution in [3.63, 3.8) is 0 Å². The molecule has 0 radical (unpaired) electrons. The summed E-state index contributed by atoms with van der Waals surface area (Å²) in [5.41, 5.74) is -0.495. The molecule has 1 heterocycles. The van der Waals surface area contributed by atoms with Crippen LogP contribution in [0.25, 0.3) is 0 Å². The fraction of sp³-hybridized carbons (Fsp3) is 0.800. The van der Waals surface area contributed by atoms with Crippen molar-refractivity contribution in [2.24, 2.45) is 0 Å². The Hall–Kier alpha value is -0.940. The maximum absolute atomic E-state index is 5.27. The average molecular weight is 213 g/mol. The molecule has 1 rings (SSSR count). The Labute approximate surface area is 90.2 Å². The van der Waals surface area contributed by atoms with Gasteiger partial charge in [-0.2, -0.15) is 4.98 Å². The molecule has 15 heavy (non-hydrogen) atoms. The van der Waals surface area contributed by atoms with Crippen molar-refractivity contribution in [2.45, 2.75) is 38.8 Å². The van der Waals surface area contributed by atoms with E-state index in [4.69, 9.17) is 9.26 Å². The number of hydrogen-bond donors (Lipinski definition) is 1. The molecule has 1 atom stereocenters. The minimum absolute atomic E-state index is 0.323. The summed E-state index contributed by atoms with van der Waals surface area (Å²) in [4.78, 5) is 4.30. The summed E-state index contributed by atoms with van der Waals surface area (Å²) in [5.74, 6) is 1.22. The van der Waals surface area contributed by atoms with Crippen LogP contribution in [0.2, 0.25) is 0 Å². The molecule has 5 nitrogen and oxygen atoms in total. The van der Waals surface area contributed by atoms with Crippen LogP contribution in [-0.4, -0.2) is 30.3 Å². The molecule has 1 N–H and O–H groups in total. The summed E-state index contributed by atoms with van der Waals surface area (Å²) in [6.07, 6.45) is 0.725. The molecule has 86 valence electrons. The molecule has 0 amide bonds. The fourth-order valence-electron chi connectivity index (χ4n) is 1.04. The zero-order valence-electron chi connectivity index (χ0n) is 10.00. The van der Waals surface area contributed by atoms with Crippen LogP contribution in [0.5, 0.6) is 0 Å². The van der Waals surface area contributed by atoms with Gasteiger partial charge in [-0.05, 0) is 27.8 Å². The number of methoxy groups -OCH3 is 1. The van der Waals surface area contributed by atoms with Gasteiger partial charge in [0.1, 0.15) is 5.60 Å². The van der Waals surface area contributed by atoms with Gasteiger partial charge >= 0.3 is 0 Å². The molecular formula is C10H19N3O2. The molecule has 5 heteroatoms. The minimum atomic E-state index is -0.495. The molecule has 0 spiro atoms. The molecule has 0 aliphatic rings. The van der Waals surface area contributed by atoms with Crippen molar-refractivity contribution in [3.8, 4) is 0 Å². The van der Waals surface area contributed by atoms with E-state index in [9.17, 15) is 0 Å². The molecule has 1 aromatic rings. The van der Waals surface area contributed by atoms with E-state index in [0.29, 0.717) is 17.8 Å². The Morgan fingerprint density at radius 1 is 1.53 bits per heavy atom. The fourth-order valence-corrected chi connectivity index (χ4v) is 1.04. The van der Waals surface area contributed by atoms with Gasteiger partial charge in [-0.25, -0.2) is 0 Å². The third-order valence-corrected chi connectivity index (χ3v) is 2.49. The zero-order valence-corrected chi connectivity index (χ0v) is 10.00. The Balaban J connectivity index is 2.72. The topological polar surface area (TPSA) is 60.2 Å². The first-order chi connectivity index (χ1) is 6.99. The van der Waals surface area contributed by atoms with Crippen LogP contribution in [-0.2, 0) is 16.8 Å². The van der Waals surface area contributed by atoms with Gasteiger partial charge in [-0.3, -0.25) is 0 Å². The highest BCUT2D eigenvalue weighted by Crippen LogP contribution is 2.20. The van der Waals surface area contributed by atoms with Gasteiger partial charge in [0.05, 0.1) is 0 Å². The maximum Gasteiger partial charge on any atom is 0.228 e. The number of aromatic nitrogens is 2. The van der Waals surface area contributed by atoms with E-state index in [0.717, 1.165) is 6.42 Å². The Morgan fingerprint density at radius 3 is 2.73 bits per heavy atom. The lowest BCUT2D eigenvalue weighted by molar-refractivity contribution is 0.00973. The number of nitrogens with one attached hydrogen (secondary N) is 1. The molecule has 0 saturated carbocycles. The molecule has 0 saturated heterocycles. The van der Waals surface area contributed by atoms with Crippen LogP contribution in [0.1, 0.15) is 32.5 Å². The maximum atomic E-state index is 5.27. The second-order valence-corrected chi connectivity index (χ2v) is 4.12. The quantitative estimate of drug-likeness (QED) is 0.793. The third-order valence-electron chi connectivity index (χ3n) is 2.49.